The summed E-state index contributed by atoms with van der Waals surface area (Å²) in [5.41, 5.74) is 1.17. The number of ether oxygens (including phenoxy) is 1. The number of fused-ring (bicyclic) bond motifs is 1. The molecule has 0 aromatic heterocycles. The van der Waals surface area contributed by atoms with E-state index in [-0.39, 0.29) is 5.91 Å². The van der Waals surface area contributed by atoms with Gasteiger partial charge in [0.2, 0.25) is 0 Å². The van der Waals surface area contributed by atoms with E-state index in [2.05, 4.69) is 0 Å². The SMILES string of the molecule is CC1Oc2ccc(C#N)cc2N(C)C1=O. The van der Waals surface area contributed by atoms with E-state index in [9.17, 15) is 4.79 Å². The summed E-state index contributed by atoms with van der Waals surface area (Å²) in [6, 6.07) is 7.07. The van der Waals surface area contributed by atoms with E-state index in [0.29, 0.717) is 17.0 Å². The first-order valence-electron chi connectivity index (χ1n) is 4.62. The highest BCUT2D eigenvalue weighted by molar-refractivity contribution is 5.99. The molecule has 76 valence electrons. The van der Waals surface area contributed by atoms with Crippen LogP contribution in [0.25, 0.3) is 0 Å². The fourth-order valence-corrected chi connectivity index (χ4v) is 1.58. The first-order valence-corrected chi connectivity index (χ1v) is 4.62. The number of hydrogen-bond acceptors (Lipinski definition) is 3. The second kappa shape index (κ2) is 3.28. The molecule has 0 N–H and O–H groups in total. The molecule has 1 amide bonds. The molecule has 0 saturated heterocycles. The van der Waals surface area contributed by atoms with E-state index in [1.54, 1.807) is 32.2 Å². The maximum absolute atomic E-state index is 11.6. The highest BCUT2D eigenvalue weighted by atomic mass is 16.5. The number of nitriles is 1. The predicted molar refractivity (Wildman–Crippen MR) is 54.7 cm³/mol. The summed E-state index contributed by atoms with van der Waals surface area (Å²) in [7, 11) is 1.68. The summed E-state index contributed by atoms with van der Waals surface area (Å²) in [5.74, 6) is 0.543. The van der Waals surface area contributed by atoms with Gasteiger partial charge in [-0.25, -0.2) is 0 Å². The largest absolute Gasteiger partial charge is 0.479 e. The van der Waals surface area contributed by atoms with Gasteiger partial charge in [-0.15, -0.1) is 0 Å². The normalized spacial score (nSPS) is 19.1. The van der Waals surface area contributed by atoms with Crippen molar-refractivity contribution in [1.29, 1.82) is 5.26 Å². The van der Waals surface area contributed by atoms with Gasteiger partial charge >= 0.3 is 0 Å². The zero-order chi connectivity index (χ0) is 11.0. The Morgan fingerprint density at radius 2 is 2.27 bits per heavy atom. The molecule has 0 saturated carbocycles. The van der Waals surface area contributed by atoms with Crippen molar-refractivity contribution in [3.63, 3.8) is 0 Å². The van der Waals surface area contributed by atoms with Crippen LogP contribution in [0.2, 0.25) is 0 Å². The van der Waals surface area contributed by atoms with Crippen molar-refractivity contribution in [3.05, 3.63) is 23.8 Å². The Morgan fingerprint density at radius 1 is 1.53 bits per heavy atom. The average Bonchev–Trinajstić information content (AvgIpc) is 2.26. The molecule has 1 atom stereocenters. The lowest BCUT2D eigenvalue weighted by Crippen LogP contribution is -2.41. The quantitative estimate of drug-likeness (QED) is 0.637. The fourth-order valence-electron chi connectivity index (χ4n) is 1.58. The number of nitrogens with zero attached hydrogens (tertiary/aromatic N) is 2. The monoisotopic (exact) mass is 202 g/mol. The van der Waals surface area contributed by atoms with E-state index >= 15 is 0 Å². The van der Waals surface area contributed by atoms with Gasteiger partial charge in [0.25, 0.3) is 5.91 Å². The van der Waals surface area contributed by atoms with E-state index < -0.39 is 6.10 Å². The molecular formula is C11H10N2O2. The Labute approximate surface area is 87.7 Å². The molecule has 15 heavy (non-hydrogen) atoms. The fraction of sp³-hybridized carbons (Fsp3) is 0.273. The van der Waals surface area contributed by atoms with Crippen LogP contribution in [0.15, 0.2) is 18.2 Å². The Bertz CT molecular complexity index is 462. The zero-order valence-corrected chi connectivity index (χ0v) is 8.52. The van der Waals surface area contributed by atoms with E-state index in [0.717, 1.165) is 0 Å². The van der Waals surface area contributed by atoms with Gasteiger partial charge < -0.3 is 9.64 Å². The number of benzene rings is 1. The Hall–Kier alpha value is -2.02. The van der Waals surface area contributed by atoms with Crippen molar-refractivity contribution in [3.8, 4) is 11.8 Å². The Kier molecular flexibility index (Phi) is 2.09. The highest BCUT2D eigenvalue weighted by Gasteiger charge is 2.28. The molecule has 4 heteroatoms. The molecule has 0 radical (unpaired) electrons. The zero-order valence-electron chi connectivity index (χ0n) is 8.52. The summed E-state index contributed by atoms with van der Waals surface area (Å²) < 4.78 is 5.41. The number of rotatable bonds is 0. The molecule has 1 aromatic carbocycles. The smallest absolute Gasteiger partial charge is 0.267 e. The molecular weight excluding hydrogens is 192 g/mol. The second-order valence-corrected chi connectivity index (χ2v) is 3.45. The Balaban J connectivity index is 2.52. The first kappa shape index (κ1) is 9.53. The lowest BCUT2D eigenvalue weighted by molar-refractivity contribution is -0.125. The average molecular weight is 202 g/mol. The predicted octanol–water partition coefficient (Wildman–Crippen LogP) is 1.30. The topological polar surface area (TPSA) is 53.3 Å². The van der Waals surface area contributed by atoms with Crippen LogP contribution >= 0.6 is 0 Å². The number of carbonyl (C=O) groups is 1. The van der Waals surface area contributed by atoms with Crippen molar-refractivity contribution in [1.82, 2.24) is 0 Å². The molecule has 2 rings (SSSR count). The maximum atomic E-state index is 11.6. The third-order valence-electron chi connectivity index (χ3n) is 2.43. The summed E-state index contributed by atoms with van der Waals surface area (Å²) in [5, 5.41) is 8.75. The molecule has 1 unspecified atom stereocenters. The molecule has 0 spiro atoms. The molecule has 1 heterocycles. The van der Waals surface area contributed by atoms with Crippen molar-refractivity contribution in [2.45, 2.75) is 13.0 Å². The number of carbonyl (C=O) groups excluding carboxylic acids is 1. The van der Waals surface area contributed by atoms with Gasteiger partial charge in [-0.3, -0.25) is 4.79 Å². The van der Waals surface area contributed by atoms with E-state index in [1.807, 2.05) is 6.07 Å². The van der Waals surface area contributed by atoms with Crippen LogP contribution in [0.5, 0.6) is 5.75 Å². The standard InChI is InChI=1S/C11H10N2O2/c1-7-11(14)13(2)9-5-8(6-12)3-4-10(9)15-7/h3-5,7H,1-2H3. The van der Waals surface area contributed by atoms with Gasteiger partial charge in [-0.05, 0) is 25.1 Å². The number of amides is 1. The third kappa shape index (κ3) is 1.42. The molecule has 1 aromatic rings. The van der Waals surface area contributed by atoms with Crippen LogP contribution in [0.3, 0.4) is 0 Å². The van der Waals surface area contributed by atoms with Gasteiger partial charge in [0.1, 0.15) is 5.75 Å². The van der Waals surface area contributed by atoms with Gasteiger partial charge in [0.05, 0.1) is 17.3 Å². The molecule has 1 aliphatic rings. The maximum Gasteiger partial charge on any atom is 0.267 e. The van der Waals surface area contributed by atoms with Crippen LogP contribution in [0.1, 0.15) is 12.5 Å². The summed E-state index contributed by atoms with van der Waals surface area (Å²) in [6.45, 7) is 1.71. The minimum Gasteiger partial charge on any atom is -0.479 e. The van der Waals surface area contributed by atoms with Crippen LogP contribution in [0, 0.1) is 11.3 Å². The van der Waals surface area contributed by atoms with Crippen LogP contribution < -0.4 is 9.64 Å². The number of likely N-dealkylation sites (N-methyl/N-ethyl adjacent to an activating group) is 1. The lowest BCUT2D eigenvalue weighted by atomic mass is 10.1. The van der Waals surface area contributed by atoms with Crippen molar-refractivity contribution in [2.24, 2.45) is 0 Å². The third-order valence-corrected chi connectivity index (χ3v) is 2.43. The number of anilines is 1. The van der Waals surface area contributed by atoms with Gasteiger partial charge in [-0.1, -0.05) is 0 Å². The van der Waals surface area contributed by atoms with Crippen LogP contribution in [-0.4, -0.2) is 19.1 Å². The Morgan fingerprint density at radius 3 is 2.93 bits per heavy atom. The molecule has 4 nitrogen and oxygen atoms in total. The number of hydrogen-bond donors (Lipinski definition) is 0. The van der Waals surface area contributed by atoms with Crippen molar-refractivity contribution in [2.75, 3.05) is 11.9 Å². The minimum atomic E-state index is -0.463. The van der Waals surface area contributed by atoms with Crippen molar-refractivity contribution >= 4 is 11.6 Å². The van der Waals surface area contributed by atoms with Gasteiger partial charge in [-0.2, -0.15) is 5.26 Å². The molecule has 0 bridgehead atoms. The van der Waals surface area contributed by atoms with Crippen LogP contribution in [0.4, 0.5) is 5.69 Å². The summed E-state index contributed by atoms with van der Waals surface area (Å²) >= 11 is 0. The molecule has 0 aliphatic carbocycles. The van der Waals surface area contributed by atoms with E-state index in [4.69, 9.17) is 10.00 Å². The minimum absolute atomic E-state index is 0.0995. The van der Waals surface area contributed by atoms with E-state index in [1.165, 1.54) is 4.90 Å². The lowest BCUT2D eigenvalue weighted by Gasteiger charge is -2.30. The van der Waals surface area contributed by atoms with Gasteiger partial charge in [0, 0.05) is 7.05 Å². The second-order valence-electron chi connectivity index (χ2n) is 3.45. The molecule has 0 fully saturated rings. The molecule has 1 aliphatic heterocycles. The highest BCUT2D eigenvalue weighted by Crippen LogP contribution is 2.33. The van der Waals surface area contributed by atoms with Crippen LogP contribution in [-0.2, 0) is 4.79 Å². The summed E-state index contributed by atoms with van der Waals surface area (Å²) in [4.78, 5) is 13.1. The first-order chi connectivity index (χ1) is 7.13. The van der Waals surface area contributed by atoms with Gasteiger partial charge in [0.15, 0.2) is 6.10 Å². The van der Waals surface area contributed by atoms with Crippen molar-refractivity contribution < 1.29 is 9.53 Å². The summed E-state index contributed by atoms with van der Waals surface area (Å²) in [6.07, 6.45) is -0.463.